The van der Waals surface area contributed by atoms with Crippen molar-refractivity contribution in [3.63, 3.8) is 0 Å². The van der Waals surface area contributed by atoms with Gasteiger partial charge in [0.15, 0.2) is 0 Å². The maximum atomic E-state index is 4.20. The Bertz CT molecular complexity index is 552. The van der Waals surface area contributed by atoms with Gasteiger partial charge in [0.2, 0.25) is 0 Å². The molecule has 0 aliphatic carbocycles. The van der Waals surface area contributed by atoms with Gasteiger partial charge < -0.3 is 14.8 Å². The molecule has 0 bridgehead atoms. The number of aromatic nitrogens is 2. The van der Waals surface area contributed by atoms with Crippen LogP contribution >= 0.6 is 0 Å². The van der Waals surface area contributed by atoms with Crippen LogP contribution in [0.2, 0.25) is 0 Å². The van der Waals surface area contributed by atoms with E-state index in [4.69, 9.17) is 0 Å². The second-order valence-electron chi connectivity index (χ2n) is 5.62. The lowest BCUT2D eigenvalue weighted by atomic mass is 10.1. The number of rotatable bonds is 5. The van der Waals surface area contributed by atoms with E-state index in [9.17, 15) is 0 Å². The van der Waals surface area contributed by atoms with Crippen LogP contribution in [0.5, 0.6) is 0 Å². The fraction of sp³-hybridized carbons (Fsp3) is 0.471. The zero-order chi connectivity index (χ0) is 14.5. The van der Waals surface area contributed by atoms with Crippen molar-refractivity contribution in [2.75, 3.05) is 23.3 Å². The Hall–Kier alpha value is -1.97. The number of piperidine rings is 1. The molecule has 3 rings (SSSR count). The van der Waals surface area contributed by atoms with E-state index in [1.807, 2.05) is 12.5 Å². The van der Waals surface area contributed by atoms with E-state index < -0.39 is 0 Å². The van der Waals surface area contributed by atoms with Gasteiger partial charge in [0.05, 0.1) is 18.6 Å². The van der Waals surface area contributed by atoms with Crippen molar-refractivity contribution in [1.29, 1.82) is 0 Å². The number of nitrogens with zero attached hydrogens (tertiary/aromatic N) is 3. The molecule has 2 heterocycles. The number of anilines is 2. The summed E-state index contributed by atoms with van der Waals surface area (Å²) >= 11 is 0. The first-order valence-corrected chi connectivity index (χ1v) is 7.94. The molecule has 1 aliphatic heterocycles. The van der Waals surface area contributed by atoms with Gasteiger partial charge in [-0.2, -0.15) is 0 Å². The maximum Gasteiger partial charge on any atom is 0.0948 e. The third-order valence-electron chi connectivity index (χ3n) is 4.20. The molecule has 2 aromatic rings. The molecule has 4 heteroatoms. The van der Waals surface area contributed by atoms with Crippen molar-refractivity contribution in [2.45, 2.75) is 39.3 Å². The minimum Gasteiger partial charge on any atom is -0.379 e. The first kappa shape index (κ1) is 14.0. The molecule has 4 nitrogen and oxygen atoms in total. The normalized spacial score (nSPS) is 15.2. The third-order valence-corrected chi connectivity index (χ3v) is 4.20. The Kier molecular flexibility index (Phi) is 4.43. The van der Waals surface area contributed by atoms with E-state index in [1.54, 1.807) is 0 Å². The van der Waals surface area contributed by atoms with Gasteiger partial charge in [-0.05, 0) is 50.5 Å². The maximum absolute atomic E-state index is 4.20. The second kappa shape index (κ2) is 6.66. The summed E-state index contributed by atoms with van der Waals surface area (Å²) in [5.41, 5.74) is 3.73. The Morgan fingerprint density at radius 2 is 1.86 bits per heavy atom. The molecule has 0 saturated carbocycles. The number of hydrogen-bond donors (Lipinski definition) is 1. The van der Waals surface area contributed by atoms with Gasteiger partial charge in [-0.15, -0.1) is 0 Å². The van der Waals surface area contributed by atoms with Crippen molar-refractivity contribution in [3.05, 3.63) is 42.5 Å². The summed E-state index contributed by atoms with van der Waals surface area (Å²) < 4.78 is 2.16. The molecule has 1 fully saturated rings. The Morgan fingerprint density at radius 3 is 2.57 bits per heavy atom. The SMILES string of the molecule is CCn1cncc1CNc1ccc(N2CCCCC2)cc1. The van der Waals surface area contributed by atoms with E-state index in [0.29, 0.717) is 0 Å². The zero-order valence-electron chi connectivity index (χ0n) is 12.8. The number of aryl methyl sites for hydroxylation is 1. The lowest BCUT2D eigenvalue weighted by Gasteiger charge is -2.28. The number of imidazole rings is 1. The molecular formula is C17H24N4. The van der Waals surface area contributed by atoms with Gasteiger partial charge in [0.1, 0.15) is 0 Å². The molecule has 0 amide bonds. The molecule has 1 saturated heterocycles. The van der Waals surface area contributed by atoms with E-state index in [-0.39, 0.29) is 0 Å². The molecule has 1 N–H and O–H groups in total. The summed E-state index contributed by atoms with van der Waals surface area (Å²) in [6.07, 6.45) is 7.83. The highest BCUT2D eigenvalue weighted by Crippen LogP contribution is 2.22. The van der Waals surface area contributed by atoms with E-state index in [1.165, 1.54) is 49.4 Å². The molecule has 1 aliphatic rings. The van der Waals surface area contributed by atoms with Crippen LogP contribution in [0.15, 0.2) is 36.8 Å². The van der Waals surface area contributed by atoms with Crippen LogP contribution in [0.1, 0.15) is 31.9 Å². The van der Waals surface area contributed by atoms with Crippen LogP contribution in [-0.2, 0) is 13.1 Å². The highest BCUT2D eigenvalue weighted by atomic mass is 15.1. The average Bonchev–Trinajstić information content (AvgIpc) is 3.02. The topological polar surface area (TPSA) is 33.1 Å². The fourth-order valence-electron chi connectivity index (χ4n) is 2.91. The molecule has 21 heavy (non-hydrogen) atoms. The Labute approximate surface area is 126 Å². The third kappa shape index (κ3) is 3.38. The van der Waals surface area contributed by atoms with Crippen LogP contribution in [0.4, 0.5) is 11.4 Å². The monoisotopic (exact) mass is 284 g/mol. The molecule has 112 valence electrons. The van der Waals surface area contributed by atoms with E-state index >= 15 is 0 Å². The molecule has 0 spiro atoms. The van der Waals surface area contributed by atoms with Crippen molar-refractivity contribution in [3.8, 4) is 0 Å². The predicted molar refractivity (Wildman–Crippen MR) is 87.7 cm³/mol. The Balaban J connectivity index is 1.59. The minimum atomic E-state index is 0.816. The highest BCUT2D eigenvalue weighted by molar-refractivity contribution is 5.55. The number of nitrogens with one attached hydrogen (secondary N) is 1. The van der Waals surface area contributed by atoms with Gasteiger partial charge in [-0.3, -0.25) is 0 Å². The molecule has 1 aromatic heterocycles. The summed E-state index contributed by atoms with van der Waals surface area (Å²) in [4.78, 5) is 6.68. The van der Waals surface area contributed by atoms with Gasteiger partial charge in [0, 0.05) is 37.2 Å². The first-order chi connectivity index (χ1) is 10.4. The smallest absolute Gasteiger partial charge is 0.0948 e. The van der Waals surface area contributed by atoms with Gasteiger partial charge in [0.25, 0.3) is 0 Å². The number of benzene rings is 1. The minimum absolute atomic E-state index is 0.816. The summed E-state index contributed by atoms with van der Waals surface area (Å²) in [6, 6.07) is 8.81. The van der Waals surface area contributed by atoms with Crippen LogP contribution in [0.3, 0.4) is 0 Å². The van der Waals surface area contributed by atoms with Crippen molar-refractivity contribution >= 4 is 11.4 Å². The molecule has 0 radical (unpaired) electrons. The fourth-order valence-corrected chi connectivity index (χ4v) is 2.91. The van der Waals surface area contributed by atoms with Gasteiger partial charge >= 0.3 is 0 Å². The quantitative estimate of drug-likeness (QED) is 0.912. The van der Waals surface area contributed by atoms with Crippen LogP contribution in [-0.4, -0.2) is 22.6 Å². The average molecular weight is 284 g/mol. The summed E-state index contributed by atoms with van der Waals surface area (Å²) in [7, 11) is 0. The molecule has 0 unspecified atom stereocenters. The second-order valence-corrected chi connectivity index (χ2v) is 5.62. The van der Waals surface area contributed by atoms with E-state index in [0.717, 1.165) is 13.1 Å². The van der Waals surface area contributed by atoms with Crippen LogP contribution in [0.25, 0.3) is 0 Å². The molecular weight excluding hydrogens is 260 g/mol. The van der Waals surface area contributed by atoms with Crippen LogP contribution < -0.4 is 10.2 Å². The van der Waals surface area contributed by atoms with Crippen molar-refractivity contribution in [1.82, 2.24) is 9.55 Å². The van der Waals surface area contributed by atoms with Crippen molar-refractivity contribution in [2.24, 2.45) is 0 Å². The van der Waals surface area contributed by atoms with Gasteiger partial charge in [-0.25, -0.2) is 4.98 Å². The van der Waals surface area contributed by atoms with E-state index in [2.05, 4.69) is 51.0 Å². The lowest BCUT2D eigenvalue weighted by Crippen LogP contribution is -2.29. The summed E-state index contributed by atoms with van der Waals surface area (Å²) in [6.45, 7) is 6.31. The largest absolute Gasteiger partial charge is 0.379 e. The van der Waals surface area contributed by atoms with Gasteiger partial charge in [-0.1, -0.05) is 0 Å². The summed E-state index contributed by atoms with van der Waals surface area (Å²) in [5, 5.41) is 3.47. The lowest BCUT2D eigenvalue weighted by molar-refractivity contribution is 0.578. The molecule has 0 atom stereocenters. The number of hydrogen-bond acceptors (Lipinski definition) is 3. The molecule has 1 aromatic carbocycles. The van der Waals surface area contributed by atoms with Crippen LogP contribution in [0, 0.1) is 0 Å². The predicted octanol–water partition coefficient (Wildman–Crippen LogP) is 3.51. The summed E-state index contributed by atoms with van der Waals surface area (Å²) in [5.74, 6) is 0. The highest BCUT2D eigenvalue weighted by Gasteiger charge is 2.10. The van der Waals surface area contributed by atoms with Crippen molar-refractivity contribution < 1.29 is 0 Å². The standard InChI is InChI=1S/C17H24N4/c1-2-20-14-18-12-17(20)13-19-15-6-8-16(9-7-15)21-10-4-3-5-11-21/h6-9,12,14,19H,2-5,10-11,13H2,1H3. The zero-order valence-corrected chi connectivity index (χ0v) is 12.8. The Morgan fingerprint density at radius 1 is 1.10 bits per heavy atom. The first-order valence-electron chi connectivity index (χ1n) is 7.94.